The van der Waals surface area contributed by atoms with Crippen LogP contribution in [0.15, 0.2) is 85.2 Å². The Bertz CT molecular complexity index is 1460. The summed E-state index contributed by atoms with van der Waals surface area (Å²) in [6, 6.07) is 21.2. The zero-order valence-corrected chi connectivity index (χ0v) is 17.2. The smallest absolute Gasteiger partial charge is 0.276 e. The van der Waals surface area contributed by atoms with Gasteiger partial charge in [0.05, 0.1) is 28.1 Å². The van der Waals surface area contributed by atoms with Crippen molar-refractivity contribution in [1.82, 2.24) is 19.7 Å². The van der Waals surface area contributed by atoms with Crippen LogP contribution in [0.3, 0.4) is 0 Å². The molecule has 1 N–H and O–H groups in total. The van der Waals surface area contributed by atoms with Crippen LogP contribution in [0.2, 0.25) is 0 Å². The summed E-state index contributed by atoms with van der Waals surface area (Å²) in [6.45, 7) is 1.98. The zero-order valence-electron chi connectivity index (χ0n) is 17.2. The Labute approximate surface area is 183 Å². The predicted octanol–water partition coefficient (Wildman–Crippen LogP) is 5.18. The molecule has 0 unspecified atom stereocenters. The molecule has 0 saturated carbocycles. The minimum atomic E-state index is -0.507. The summed E-state index contributed by atoms with van der Waals surface area (Å²) >= 11 is 0. The van der Waals surface area contributed by atoms with Crippen molar-refractivity contribution in [3.63, 3.8) is 0 Å². The van der Waals surface area contributed by atoms with E-state index in [1.807, 2.05) is 49.4 Å². The number of nitrogens with one attached hydrogen (secondary N) is 1. The maximum atomic E-state index is 14.0. The van der Waals surface area contributed by atoms with Gasteiger partial charge >= 0.3 is 0 Å². The largest absolute Gasteiger partial charge is 0.318 e. The molecule has 0 spiro atoms. The Balaban J connectivity index is 1.63. The lowest BCUT2D eigenvalue weighted by atomic mass is 10.1. The van der Waals surface area contributed by atoms with E-state index in [0.717, 1.165) is 27.8 Å². The highest BCUT2D eigenvalue weighted by Crippen LogP contribution is 2.28. The average molecular weight is 423 g/mol. The minimum Gasteiger partial charge on any atom is -0.318 e. The van der Waals surface area contributed by atoms with Gasteiger partial charge in [0.1, 0.15) is 5.82 Å². The Kier molecular flexibility index (Phi) is 4.91. The number of aromatic nitrogens is 4. The van der Waals surface area contributed by atoms with E-state index in [1.54, 1.807) is 35.3 Å². The lowest BCUT2D eigenvalue weighted by Crippen LogP contribution is -2.14. The van der Waals surface area contributed by atoms with Crippen molar-refractivity contribution in [3.05, 3.63) is 102 Å². The number of carbonyl (C=O) groups excluding carboxylic acids is 1. The summed E-state index contributed by atoms with van der Waals surface area (Å²) in [6.07, 6.45) is 3.28. The first-order valence-corrected chi connectivity index (χ1v) is 10.0. The molecule has 0 atom stereocenters. The third-order valence-electron chi connectivity index (χ3n) is 5.17. The van der Waals surface area contributed by atoms with Crippen molar-refractivity contribution in [2.75, 3.05) is 5.32 Å². The van der Waals surface area contributed by atoms with Crippen molar-refractivity contribution in [1.29, 1.82) is 0 Å². The van der Waals surface area contributed by atoms with E-state index in [-0.39, 0.29) is 11.4 Å². The molecule has 0 aliphatic rings. The number of fused-ring (bicyclic) bond motifs is 1. The van der Waals surface area contributed by atoms with Crippen molar-refractivity contribution in [2.24, 2.45) is 0 Å². The van der Waals surface area contributed by atoms with Crippen LogP contribution < -0.4 is 5.32 Å². The first kappa shape index (κ1) is 19.6. The Hall–Kier alpha value is -4.39. The molecular formula is C25H18FN5O. The van der Waals surface area contributed by atoms with Gasteiger partial charge in [-0.05, 0) is 48.9 Å². The summed E-state index contributed by atoms with van der Waals surface area (Å²) in [5.41, 5.74) is 5.17. The summed E-state index contributed by atoms with van der Waals surface area (Å²) in [4.78, 5) is 21.6. The van der Waals surface area contributed by atoms with Gasteiger partial charge in [0.25, 0.3) is 5.91 Å². The van der Waals surface area contributed by atoms with Crippen LogP contribution in [0, 0.1) is 12.7 Å². The number of para-hydroxylation sites is 2. The van der Waals surface area contributed by atoms with Crippen molar-refractivity contribution >= 4 is 22.6 Å². The van der Waals surface area contributed by atoms with E-state index in [1.165, 1.54) is 12.1 Å². The normalized spacial score (nSPS) is 10.9. The molecule has 7 heteroatoms. The number of amides is 1. The third-order valence-corrected chi connectivity index (χ3v) is 5.17. The molecule has 0 fully saturated rings. The topological polar surface area (TPSA) is 72.7 Å². The Morgan fingerprint density at radius 2 is 1.66 bits per heavy atom. The van der Waals surface area contributed by atoms with Crippen LogP contribution in [0.5, 0.6) is 0 Å². The molecule has 0 radical (unpaired) electrons. The van der Waals surface area contributed by atoms with Crippen LogP contribution >= 0.6 is 0 Å². The molecule has 5 aromatic rings. The van der Waals surface area contributed by atoms with Gasteiger partial charge in [0.15, 0.2) is 5.69 Å². The molecule has 5 rings (SSSR count). The summed E-state index contributed by atoms with van der Waals surface area (Å²) in [7, 11) is 0. The first-order valence-electron chi connectivity index (χ1n) is 10.0. The van der Waals surface area contributed by atoms with E-state index in [9.17, 15) is 9.18 Å². The van der Waals surface area contributed by atoms with Crippen LogP contribution in [0.25, 0.3) is 28.0 Å². The van der Waals surface area contributed by atoms with E-state index in [4.69, 9.17) is 0 Å². The van der Waals surface area contributed by atoms with E-state index in [2.05, 4.69) is 20.4 Å². The highest BCUT2D eigenvalue weighted by Gasteiger charge is 2.19. The standard InChI is InChI=1S/C25H18FN5O/c1-16-6-2-5-9-23(16)31-24(17-10-11-20-21(14-17)28-13-12-27-20)15-22(30-31)25(32)29-19-8-4-3-7-18(19)26/h2-15H,1H3,(H,29,32). The van der Waals surface area contributed by atoms with Gasteiger partial charge in [-0.25, -0.2) is 9.07 Å². The van der Waals surface area contributed by atoms with Gasteiger partial charge < -0.3 is 5.32 Å². The van der Waals surface area contributed by atoms with Crippen LogP contribution in [0.1, 0.15) is 16.1 Å². The lowest BCUT2D eigenvalue weighted by molar-refractivity contribution is 0.102. The second-order valence-electron chi connectivity index (χ2n) is 7.31. The molecule has 0 saturated heterocycles. The molecule has 0 aliphatic carbocycles. The number of carbonyl (C=O) groups is 1. The monoisotopic (exact) mass is 423 g/mol. The number of halogens is 1. The number of hydrogen-bond donors (Lipinski definition) is 1. The number of aryl methyl sites for hydroxylation is 1. The molecule has 32 heavy (non-hydrogen) atoms. The predicted molar refractivity (Wildman–Crippen MR) is 121 cm³/mol. The van der Waals surface area contributed by atoms with Crippen LogP contribution in [-0.2, 0) is 0 Å². The third kappa shape index (κ3) is 3.60. The van der Waals surface area contributed by atoms with Crippen molar-refractivity contribution in [3.8, 4) is 16.9 Å². The minimum absolute atomic E-state index is 0.102. The number of nitrogens with zero attached hydrogens (tertiary/aromatic N) is 4. The van der Waals surface area contributed by atoms with Crippen LogP contribution in [-0.4, -0.2) is 25.7 Å². The van der Waals surface area contributed by atoms with Gasteiger partial charge in [0, 0.05) is 18.0 Å². The average Bonchev–Trinajstić information content (AvgIpc) is 3.26. The maximum absolute atomic E-state index is 14.0. The summed E-state index contributed by atoms with van der Waals surface area (Å²) in [5.74, 6) is -1.00. The van der Waals surface area contributed by atoms with E-state index < -0.39 is 11.7 Å². The second kappa shape index (κ2) is 8.03. The molecule has 6 nitrogen and oxygen atoms in total. The maximum Gasteiger partial charge on any atom is 0.276 e. The van der Waals surface area contributed by atoms with Gasteiger partial charge in [-0.1, -0.05) is 36.4 Å². The molecule has 0 bridgehead atoms. The second-order valence-corrected chi connectivity index (χ2v) is 7.31. The molecule has 156 valence electrons. The molecule has 0 aliphatic heterocycles. The highest BCUT2D eigenvalue weighted by atomic mass is 19.1. The van der Waals surface area contributed by atoms with Crippen LogP contribution in [0.4, 0.5) is 10.1 Å². The lowest BCUT2D eigenvalue weighted by Gasteiger charge is -2.10. The molecule has 2 heterocycles. The fourth-order valence-corrected chi connectivity index (χ4v) is 3.55. The van der Waals surface area contributed by atoms with E-state index >= 15 is 0 Å². The van der Waals surface area contributed by atoms with Gasteiger partial charge in [-0.15, -0.1) is 0 Å². The van der Waals surface area contributed by atoms with Gasteiger partial charge in [-0.3, -0.25) is 14.8 Å². The summed E-state index contributed by atoms with van der Waals surface area (Å²) in [5, 5.41) is 7.17. The molecule has 2 aromatic heterocycles. The first-order chi connectivity index (χ1) is 15.6. The fraction of sp³-hybridized carbons (Fsp3) is 0.0400. The Morgan fingerprint density at radius 1 is 0.906 bits per heavy atom. The summed E-state index contributed by atoms with van der Waals surface area (Å²) < 4.78 is 15.8. The van der Waals surface area contributed by atoms with E-state index in [0.29, 0.717) is 5.69 Å². The molecule has 1 amide bonds. The van der Waals surface area contributed by atoms with Gasteiger partial charge in [-0.2, -0.15) is 5.10 Å². The van der Waals surface area contributed by atoms with Crippen molar-refractivity contribution in [2.45, 2.75) is 6.92 Å². The highest BCUT2D eigenvalue weighted by molar-refractivity contribution is 6.03. The Morgan fingerprint density at radius 3 is 2.47 bits per heavy atom. The number of hydrogen-bond acceptors (Lipinski definition) is 4. The SMILES string of the molecule is Cc1ccccc1-n1nc(C(=O)Nc2ccccc2F)cc1-c1ccc2nccnc2c1. The zero-order chi connectivity index (χ0) is 22.1. The number of rotatable bonds is 4. The van der Waals surface area contributed by atoms with Gasteiger partial charge in [0.2, 0.25) is 0 Å². The number of anilines is 1. The fourth-order valence-electron chi connectivity index (χ4n) is 3.55. The quantitative estimate of drug-likeness (QED) is 0.432. The van der Waals surface area contributed by atoms with Crippen molar-refractivity contribution < 1.29 is 9.18 Å². The molecule has 3 aromatic carbocycles. The number of benzene rings is 3. The molecular weight excluding hydrogens is 405 g/mol.